The quantitative estimate of drug-likeness (QED) is 0.117. The molecule has 0 saturated carbocycles. The highest BCUT2D eigenvalue weighted by molar-refractivity contribution is 7.22. The number of ether oxygens (including phenoxy) is 2. The molecule has 1 atom stereocenters. The Labute approximate surface area is 250 Å². The molecular weight excluding hydrogens is 574 g/mol. The number of carbonyl (C=O) groups is 2. The van der Waals surface area contributed by atoms with E-state index in [1.807, 2.05) is 37.3 Å². The largest absolute Gasteiger partial charge is 0.507 e. The molecular formula is C32H24ClN3O5S. The Bertz CT molecular complexity index is 1820. The lowest BCUT2D eigenvalue weighted by Gasteiger charge is -2.24. The minimum Gasteiger partial charge on any atom is -0.507 e. The van der Waals surface area contributed by atoms with Crippen LogP contribution in [0.2, 0.25) is 5.02 Å². The maximum atomic E-state index is 13.6. The minimum atomic E-state index is -0.989. The summed E-state index contributed by atoms with van der Waals surface area (Å²) < 4.78 is 12.8. The van der Waals surface area contributed by atoms with Gasteiger partial charge in [0.2, 0.25) is 0 Å². The molecule has 8 nitrogen and oxygen atoms in total. The number of thiazole rings is 1. The van der Waals surface area contributed by atoms with Crippen molar-refractivity contribution in [1.29, 1.82) is 0 Å². The van der Waals surface area contributed by atoms with Gasteiger partial charge in [-0.15, -0.1) is 0 Å². The number of ketones is 1. The van der Waals surface area contributed by atoms with Gasteiger partial charge in [0, 0.05) is 23.0 Å². The Morgan fingerprint density at radius 2 is 1.76 bits per heavy atom. The number of fused-ring (bicyclic) bond motifs is 1. The highest BCUT2D eigenvalue weighted by Crippen LogP contribution is 2.46. The smallest absolute Gasteiger partial charge is 0.301 e. The topological polar surface area (TPSA) is 102 Å². The summed E-state index contributed by atoms with van der Waals surface area (Å²) in [5, 5.41) is 12.2. The van der Waals surface area contributed by atoms with Gasteiger partial charge < -0.3 is 14.6 Å². The van der Waals surface area contributed by atoms with Crippen molar-refractivity contribution in [3.63, 3.8) is 0 Å². The Morgan fingerprint density at radius 1 is 0.976 bits per heavy atom. The van der Waals surface area contributed by atoms with Gasteiger partial charge in [-0.05, 0) is 60.5 Å². The van der Waals surface area contributed by atoms with Gasteiger partial charge in [-0.1, -0.05) is 59.3 Å². The van der Waals surface area contributed by atoms with Crippen LogP contribution >= 0.6 is 22.9 Å². The van der Waals surface area contributed by atoms with E-state index in [4.69, 9.17) is 21.1 Å². The van der Waals surface area contributed by atoms with Gasteiger partial charge in [0.25, 0.3) is 5.78 Å². The van der Waals surface area contributed by atoms with Crippen LogP contribution in [-0.2, 0) is 16.2 Å². The van der Waals surface area contributed by atoms with Gasteiger partial charge >= 0.3 is 5.91 Å². The molecule has 0 bridgehead atoms. The van der Waals surface area contributed by atoms with Crippen molar-refractivity contribution >= 4 is 55.7 Å². The van der Waals surface area contributed by atoms with E-state index in [1.165, 1.54) is 28.6 Å². The molecule has 5 aromatic rings. The van der Waals surface area contributed by atoms with E-state index in [1.54, 1.807) is 48.5 Å². The maximum Gasteiger partial charge on any atom is 0.301 e. The first-order valence-electron chi connectivity index (χ1n) is 13.2. The second-order valence-electron chi connectivity index (χ2n) is 9.43. The van der Waals surface area contributed by atoms with Gasteiger partial charge in [-0.25, -0.2) is 4.98 Å². The number of hydrogen-bond acceptors (Lipinski definition) is 8. The highest BCUT2D eigenvalue weighted by Gasteiger charge is 2.48. The number of benzene rings is 3. The third-order valence-corrected chi connectivity index (χ3v) is 8.02. The van der Waals surface area contributed by atoms with Gasteiger partial charge in [-0.2, -0.15) is 0 Å². The van der Waals surface area contributed by atoms with Crippen LogP contribution in [0.25, 0.3) is 16.0 Å². The average molecular weight is 598 g/mol. The van der Waals surface area contributed by atoms with E-state index in [0.29, 0.717) is 51.5 Å². The van der Waals surface area contributed by atoms with Crippen molar-refractivity contribution in [2.45, 2.75) is 19.6 Å². The zero-order valence-corrected chi connectivity index (χ0v) is 23.9. The Morgan fingerprint density at radius 3 is 2.52 bits per heavy atom. The molecule has 1 amide bonds. The van der Waals surface area contributed by atoms with Gasteiger partial charge in [0.15, 0.2) is 16.6 Å². The number of aliphatic hydroxyl groups is 1. The van der Waals surface area contributed by atoms with E-state index >= 15 is 0 Å². The van der Waals surface area contributed by atoms with Crippen LogP contribution in [0.5, 0.6) is 11.5 Å². The molecule has 3 aromatic carbocycles. The first-order valence-corrected chi connectivity index (χ1v) is 14.3. The van der Waals surface area contributed by atoms with Crippen molar-refractivity contribution in [3.8, 4) is 11.5 Å². The average Bonchev–Trinajstić information content (AvgIpc) is 3.54. The molecule has 1 fully saturated rings. The molecule has 6 rings (SSSR count). The lowest BCUT2D eigenvalue weighted by atomic mass is 9.95. The molecule has 3 heterocycles. The van der Waals surface area contributed by atoms with Crippen LogP contribution in [0, 0.1) is 0 Å². The minimum absolute atomic E-state index is 0.0658. The molecule has 210 valence electrons. The lowest BCUT2D eigenvalue weighted by molar-refractivity contribution is -0.132. The Balaban J connectivity index is 1.48. The number of amides is 1. The molecule has 0 radical (unpaired) electrons. The van der Waals surface area contributed by atoms with Crippen molar-refractivity contribution in [2.24, 2.45) is 0 Å². The first kappa shape index (κ1) is 27.4. The Kier molecular flexibility index (Phi) is 7.60. The number of aliphatic hydroxyl groups excluding tert-OH is 1. The number of pyridine rings is 1. The van der Waals surface area contributed by atoms with Gasteiger partial charge in [-0.3, -0.25) is 19.5 Å². The number of Topliss-reactive ketones (excluding diaryl/α,β-unsaturated/α-hetero) is 1. The predicted octanol–water partition coefficient (Wildman–Crippen LogP) is 6.95. The van der Waals surface area contributed by atoms with Crippen LogP contribution in [0.1, 0.15) is 29.7 Å². The SMILES string of the molecule is CCOc1cc(C2/C(=C(\O)c3ccncc3)C(=O)C(=O)N2c2nc3ccc(Cl)cc3s2)ccc1OCc1ccccc1. The summed E-state index contributed by atoms with van der Waals surface area (Å²) in [6.45, 7) is 2.55. The molecule has 1 N–H and O–H groups in total. The molecule has 42 heavy (non-hydrogen) atoms. The van der Waals surface area contributed by atoms with Gasteiger partial charge in [0.1, 0.15) is 12.4 Å². The van der Waals surface area contributed by atoms with Crippen molar-refractivity contribution < 1.29 is 24.2 Å². The van der Waals surface area contributed by atoms with Gasteiger partial charge in [0.05, 0.1) is 28.4 Å². The Hall–Kier alpha value is -4.73. The predicted molar refractivity (Wildman–Crippen MR) is 162 cm³/mol. The molecule has 1 unspecified atom stereocenters. The standard InChI is InChI=1S/C32H24ClN3O5S/c1-2-40-25-16-21(8-11-24(25)41-18-19-6-4-3-5-7-19)28-27(29(37)20-12-14-34-15-13-20)30(38)31(39)36(28)32-35-23-10-9-22(33)17-26(23)42-32/h3-17,28,37H,2,18H2,1H3/b29-27+. The van der Waals surface area contributed by atoms with Crippen LogP contribution in [0.3, 0.4) is 0 Å². The number of nitrogens with zero attached hydrogens (tertiary/aromatic N) is 3. The summed E-state index contributed by atoms with van der Waals surface area (Å²) in [5.41, 5.74) is 2.46. The van der Waals surface area contributed by atoms with E-state index in [9.17, 15) is 14.7 Å². The summed E-state index contributed by atoms with van der Waals surface area (Å²) in [6, 6.07) is 22.4. The zero-order chi connectivity index (χ0) is 29.2. The summed E-state index contributed by atoms with van der Waals surface area (Å²) >= 11 is 7.43. The number of anilines is 1. The third kappa shape index (κ3) is 5.20. The molecule has 0 aliphatic carbocycles. The number of aromatic nitrogens is 2. The van der Waals surface area contributed by atoms with Crippen molar-refractivity contribution in [3.05, 3.63) is 119 Å². The molecule has 1 aliphatic rings. The summed E-state index contributed by atoms with van der Waals surface area (Å²) in [5.74, 6) is -0.992. The van der Waals surface area contributed by atoms with E-state index in [2.05, 4.69) is 9.97 Å². The second-order valence-corrected chi connectivity index (χ2v) is 10.9. The fourth-order valence-electron chi connectivity index (χ4n) is 4.82. The molecule has 0 spiro atoms. The maximum absolute atomic E-state index is 13.6. The molecule has 1 aliphatic heterocycles. The second kappa shape index (κ2) is 11.6. The molecule has 1 saturated heterocycles. The zero-order valence-electron chi connectivity index (χ0n) is 22.4. The number of rotatable bonds is 8. The third-order valence-electron chi connectivity index (χ3n) is 6.76. The number of hydrogen-bond donors (Lipinski definition) is 1. The fraction of sp³-hybridized carbons (Fsp3) is 0.125. The van der Waals surface area contributed by atoms with Crippen LogP contribution in [0.15, 0.2) is 96.8 Å². The molecule has 10 heteroatoms. The van der Waals surface area contributed by atoms with E-state index < -0.39 is 17.7 Å². The number of halogens is 1. The van der Waals surface area contributed by atoms with E-state index in [-0.39, 0.29) is 11.3 Å². The first-order chi connectivity index (χ1) is 20.4. The van der Waals surface area contributed by atoms with Crippen LogP contribution in [0.4, 0.5) is 5.13 Å². The van der Waals surface area contributed by atoms with E-state index in [0.717, 1.165) is 10.3 Å². The summed E-state index contributed by atoms with van der Waals surface area (Å²) in [6.07, 6.45) is 3.01. The van der Waals surface area contributed by atoms with Crippen molar-refractivity contribution in [2.75, 3.05) is 11.5 Å². The summed E-state index contributed by atoms with van der Waals surface area (Å²) in [7, 11) is 0. The van der Waals surface area contributed by atoms with Crippen LogP contribution in [-0.4, -0.2) is 33.4 Å². The highest BCUT2D eigenvalue weighted by atomic mass is 35.5. The van der Waals surface area contributed by atoms with Crippen molar-refractivity contribution in [1.82, 2.24) is 9.97 Å². The fourth-order valence-corrected chi connectivity index (χ4v) is 6.09. The monoisotopic (exact) mass is 597 g/mol. The normalized spacial score (nSPS) is 16.2. The number of carbonyl (C=O) groups excluding carboxylic acids is 2. The molecule has 2 aromatic heterocycles. The lowest BCUT2D eigenvalue weighted by Crippen LogP contribution is -2.29. The summed E-state index contributed by atoms with van der Waals surface area (Å²) in [4.78, 5) is 37.2. The van der Waals surface area contributed by atoms with Crippen LogP contribution < -0.4 is 14.4 Å².